The van der Waals surface area contributed by atoms with Gasteiger partial charge in [0, 0.05) is 24.0 Å². The Morgan fingerprint density at radius 3 is 2.52 bits per heavy atom. The molecule has 1 atom stereocenters. The summed E-state index contributed by atoms with van der Waals surface area (Å²) in [6.45, 7) is 12.9. The van der Waals surface area contributed by atoms with Crippen LogP contribution in [-0.2, 0) is 10.3 Å². The van der Waals surface area contributed by atoms with Crippen molar-refractivity contribution < 1.29 is 4.74 Å². The standard InChI is InChI=1S/C21H28N6O2/c1-13-6-7-14(2)17-15(13)12-16(20(28)22-17)18(26-8-10-29-11-9-26)19-23-24-25-27(19)21(3,4)5/h6-7,12,18H,8-11H2,1-5H3,(H,22,28). The maximum Gasteiger partial charge on any atom is 0.253 e. The second-order valence-electron chi connectivity index (χ2n) is 8.71. The summed E-state index contributed by atoms with van der Waals surface area (Å²) in [4.78, 5) is 18.6. The third-order valence-electron chi connectivity index (χ3n) is 5.55. The van der Waals surface area contributed by atoms with E-state index in [0.29, 0.717) is 37.7 Å². The third-order valence-corrected chi connectivity index (χ3v) is 5.55. The third kappa shape index (κ3) is 3.58. The van der Waals surface area contributed by atoms with E-state index in [4.69, 9.17) is 4.74 Å². The lowest BCUT2D eigenvalue weighted by atomic mass is 9.98. The van der Waals surface area contributed by atoms with Gasteiger partial charge in [0.15, 0.2) is 5.82 Å². The van der Waals surface area contributed by atoms with Crippen LogP contribution in [-0.4, -0.2) is 56.4 Å². The topological polar surface area (TPSA) is 88.9 Å². The zero-order chi connectivity index (χ0) is 20.8. The molecule has 1 fully saturated rings. The molecule has 1 N–H and O–H groups in total. The van der Waals surface area contributed by atoms with E-state index in [1.807, 2.05) is 23.7 Å². The Hall–Kier alpha value is -2.58. The molecule has 154 valence electrons. The van der Waals surface area contributed by atoms with Gasteiger partial charge in [0.25, 0.3) is 5.56 Å². The summed E-state index contributed by atoms with van der Waals surface area (Å²) >= 11 is 0. The first-order valence-electron chi connectivity index (χ1n) is 10.0. The molecule has 0 spiro atoms. The van der Waals surface area contributed by atoms with Crippen LogP contribution in [0, 0.1) is 13.8 Å². The number of ether oxygens (including phenoxy) is 1. The van der Waals surface area contributed by atoms with Crippen molar-refractivity contribution in [2.45, 2.75) is 46.2 Å². The number of rotatable bonds is 3. The van der Waals surface area contributed by atoms with Crippen molar-refractivity contribution in [2.75, 3.05) is 26.3 Å². The molecule has 0 radical (unpaired) electrons. The number of aromatic amines is 1. The summed E-state index contributed by atoms with van der Waals surface area (Å²) in [7, 11) is 0. The summed E-state index contributed by atoms with van der Waals surface area (Å²) in [5, 5.41) is 13.6. The van der Waals surface area contributed by atoms with Crippen LogP contribution in [0.15, 0.2) is 23.0 Å². The van der Waals surface area contributed by atoms with Gasteiger partial charge in [-0.05, 0) is 62.2 Å². The molecule has 4 rings (SSSR count). The minimum Gasteiger partial charge on any atom is -0.379 e. The zero-order valence-electron chi connectivity index (χ0n) is 17.7. The molecule has 1 aromatic carbocycles. The van der Waals surface area contributed by atoms with E-state index in [0.717, 1.165) is 22.0 Å². The summed E-state index contributed by atoms with van der Waals surface area (Å²) in [5.41, 5.74) is 3.31. The van der Waals surface area contributed by atoms with Gasteiger partial charge >= 0.3 is 0 Å². The van der Waals surface area contributed by atoms with E-state index in [1.165, 1.54) is 0 Å². The number of aromatic nitrogens is 5. The highest BCUT2D eigenvalue weighted by Gasteiger charge is 2.34. The molecule has 3 heterocycles. The van der Waals surface area contributed by atoms with Crippen LogP contribution in [0.4, 0.5) is 0 Å². The van der Waals surface area contributed by atoms with Gasteiger partial charge in [0.05, 0.1) is 24.3 Å². The molecule has 1 saturated heterocycles. The zero-order valence-corrected chi connectivity index (χ0v) is 17.7. The lowest BCUT2D eigenvalue weighted by Gasteiger charge is -2.35. The second-order valence-corrected chi connectivity index (χ2v) is 8.71. The Balaban J connectivity index is 1.95. The molecule has 0 amide bonds. The smallest absolute Gasteiger partial charge is 0.253 e. The fourth-order valence-corrected chi connectivity index (χ4v) is 3.97. The highest BCUT2D eigenvalue weighted by atomic mass is 16.5. The largest absolute Gasteiger partial charge is 0.379 e. The number of benzene rings is 1. The molecule has 8 heteroatoms. The minimum absolute atomic E-state index is 0.105. The lowest BCUT2D eigenvalue weighted by Crippen LogP contribution is -2.43. The summed E-state index contributed by atoms with van der Waals surface area (Å²) in [6, 6.07) is 5.79. The molecule has 3 aromatic rings. The van der Waals surface area contributed by atoms with Crippen LogP contribution >= 0.6 is 0 Å². The number of fused-ring (bicyclic) bond motifs is 1. The quantitative estimate of drug-likeness (QED) is 0.731. The Morgan fingerprint density at radius 2 is 1.83 bits per heavy atom. The van der Waals surface area contributed by atoms with E-state index in [9.17, 15) is 4.79 Å². The average molecular weight is 396 g/mol. The van der Waals surface area contributed by atoms with Gasteiger partial charge < -0.3 is 9.72 Å². The maximum atomic E-state index is 13.2. The molecule has 0 aliphatic carbocycles. The molecule has 2 aromatic heterocycles. The highest BCUT2D eigenvalue weighted by Crippen LogP contribution is 2.30. The van der Waals surface area contributed by atoms with Crippen LogP contribution in [0.2, 0.25) is 0 Å². The van der Waals surface area contributed by atoms with Gasteiger partial charge in [-0.25, -0.2) is 4.68 Å². The van der Waals surface area contributed by atoms with Crippen molar-refractivity contribution in [3.05, 3.63) is 51.1 Å². The monoisotopic (exact) mass is 396 g/mol. The summed E-state index contributed by atoms with van der Waals surface area (Å²) in [6.07, 6.45) is 0. The number of H-pyrrole nitrogens is 1. The van der Waals surface area contributed by atoms with E-state index in [2.05, 4.69) is 59.2 Å². The Morgan fingerprint density at radius 1 is 1.14 bits per heavy atom. The van der Waals surface area contributed by atoms with Crippen LogP contribution < -0.4 is 5.56 Å². The van der Waals surface area contributed by atoms with Gasteiger partial charge in [-0.1, -0.05) is 12.1 Å². The van der Waals surface area contributed by atoms with Gasteiger partial charge in [0.1, 0.15) is 6.04 Å². The first-order chi connectivity index (χ1) is 13.8. The fraction of sp³-hybridized carbons (Fsp3) is 0.524. The van der Waals surface area contributed by atoms with Crippen molar-refractivity contribution >= 4 is 10.9 Å². The SMILES string of the molecule is Cc1ccc(C)c2[nH]c(=O)c(C(c3nnnn3C(C)(C)C)N3CCOCC3)cc12. The summed E-state index contributed by atoms with van der Waals surface area (Å²) < 4.78 is 7.37. The molecule has 0 saturated carbocycles. The number of tetrazole rings is 1. The molecular weight excluding hydrogens is 368 g/mol. The van der Waals surface area contributed by atoms with Crippen molar-refractivity contribution in [2.24, 2.45) is 0 Å². The Kier molecular flexibility index (Phi) is 5.00. The highest BCUT2D eigenvalue weighted by molar-refractivity contribution is 5.85. The van der Waals surface area contributed by atoms with Gasteiger partial charge in [0.2, 0.25) is 0 Å². The van der Waals surface area contributed by atoms with Crippen molar-refractivity contribution in [3.63, 3.8) is 0 Å². The Bertz CT molecular complexity index is 1090. The number of morpholine rings is 1. The second kappa shape index (κ2) is 7.35. The van der Waals surface area contributed by atoms with Gasteiger partial charge in [-0.3, -0.25) is 9.69 Å². The number of hydrogen-bond acceptors (Lipinski definition) is 6. The number of nitrogens with zero attached hydrogens (tertiary/aromatic N) is 5. The maximum absolute atomic E-state index is 13.2. The lowest BCUT2D eigenvalue weighted by molar-refractivity contribution is 0.0206. The number of pyridine rings is 1. The summed E-state index contributed by atoms with van der Waals surface area (Å²) in [5.74, 6) is 0.676. The van der Waals surface area contributed by atoms with Crippen LogP contribution in [0.25, 0.3) is 10.9 Å². The van der Waals surface area contributed by atoms with Crippen LogP contribution in [0.1, 0.15) is 49.3 Å². The molecule has 1 aliphatic rings. The van der Waals surface area contributed by atoms with Crippen molar-refractivity contribution in [1.82, 2.24) is 30.1 Å². The molecule has 0 bridgehead atoms. The number of aryl methyl sites for hydroxylation is 2. The van der Waals surface area contributed by atoms with Crippen molar-refractivity contribution in [1.29, 1.82) is 0 Å². The van der Waals surface area contributed by atoms with Gasteiger partial charge in [-0.15, -0.1) is 5.10 Å². The predicted octanol–water partition coefficient (Wildman–Crippen LogP) is 2.31. The molecule has 29 heavy (non-hydrogen) atoms. The molecule has 8 nitrogen and oxygen atoms in total. The normalized spacial score (nSPS) is 17.0. The molecular formula is C21H28N6O2. The fourth-order valence-electron chi connectivity index (χ4n) is 3.97. The van der Waals surface area contributed by atoms with E-state index in [-0.39, 0.29) is 17.1 Å². The average Bonchev–Trinajstić information content (AvgIpc) is 3.17. The predicted molar refractivity (Wildman–Crippen MR) is 111 cm³/mol. The van der Waals surface area contributed by atoms with E-state index in [1.54, 1.807) is 0 Å². The van der Waals surface area contributed by atoms with E-state index < -0.39 is 0 Å². The van der Waals surface area contributed by atoms with E-state index >= 15 is 0 Å². The molecule has 1 aliphatic heterocycles. The first kappa shape index (κ1) is 19.7. The Labute approximate surface area is 169 Å². The first-order valence-corrected chi connectivity index (χ1v) is 10.0. The number of hydrogen-bond donors (Lipinski definition) is 1. The minimum atomic E-state index is -0.346. The van der Waals surface area contributed by atoms with Crippen LogP contribution in [0.5, 0.6) is 0 Å². The molecule has 1 unspecified atom stereocenters. The van der Waals surface area contributed by atoms with Crippen molar-refractivity contribution in [3.8, 4) is 0 Å². The van der Waals surface area contributed by atoms with Gasteiger partial charge in [-0.2, -0.15) is 0 Å². The number of nitrogens with one attached hydrogen (secondary N) is 1. The van der Waals surface area contributed by atoms with Crippen LogP contribution in [0.3, 0.4) is 0 Å².